The van der Waals surface area contributed by atoms with E-state index in [1.54, 1.807) is 0 Å². The van der Waals surface area contributed by atoms with Gasteiger partial charge in [0, 0.05) is 5.41 Å². The van der Waals surface area contributed by atoms with Gasteiger partial charge in [-0.05, 0) is 23.3 Å². The van der Waals surface area contributed by atoms with Crippen LogP contribution in [0.25, 0.3) is 0 Å². The number of fused-ring (bicyclic) bond motifs is 2. The minimum atomic E-state index is -0.0134. The molecule has 0 bridgehead atoms. The Morgan fingerprint density at radius 2 is 1.33 bits per heavy atom. The third-order valence-electron chi connectivity index (χ3n) is 3.77. The van der Waals surface area contributed by atoms with Gasteiger partial charge in [0.2, 0.25) is 0 Å². The normalized spacial score (nSPS) is 16.1. The van der Waals surface area contributed by atoms with E-state index in [1.165, 1.54) is 11.1 Å². The molecule has 18 heavy (non-hydrogen) atoms. The first-order chi connectivity index (χ1) is 8.66. The monoisotopic (exact) mass is 239 g/mol. The first kappa shape index (κ1) is 11.3. The molecule has 0 saturated heterocycles. The lowest BCUT2D eigenvalue weighted by atomic mass is 9.74. The van der Waals surface area contributed by atoms with Crippen LogP contribution in [0.2, 0.25) is 0 Å². The smallest absolute Gasteiger partial charge is 0.0632 e. The van der Waals surface area contributed by atoms with E-state index in [2.05, 4.69) is 55.8 Å². The van der Waals surface area contributed by atoms with Gasteiger partial charge in [0.15, 0.2) is 0 Å². The zero-order valence-electron chi connectivity index (χ0n) is 10.6. The molecule has 0 aromatic heterocycles. The number of rotatable bonds is 1. The third-order valence-corrected chi connectivity index (χ3v) is 3.77. The van der Waals surface area contributed by atoms with Gasteiger partial charge in [-0.15, -0.1) is 0 Å². The Balaban J connectivity index is 2.33. The molecule has 3 rings (SSSR count). The van der Waals surface area contributed by atoms with Gasteiger partial charge in [-0.25, -0.2) is 0 Å². The highest BCUT2D eigenvalue weighted by atomic mass is 15.6. The van der Waals surface area contributed by atoms with Gasteiger partial charge in [0.25, 0.3) is 0 Å². The minimum Gasteiger partial charge on any atom is -0.263 e. The van der Waals surface area contributed by atoms with E-state index >= 15 is 0 Å². The van der Waals surface area contributed by atoms with Crippen molar-refractivity contribution in [1.29, 1.82) is 0 Å². The van der Waals surface area contributed by atoms with Crippen molar-refractivity contribution in [2.45, 2.75) is 19.3 Å². The van der Waals surface area contributed by atoms with Crippen molar-refractivity contribution in [3.05, 3.63) is 59.7 Å². The van der Waals surface area contributed by atoms with E-state index in [0.29, 0.717) is 0 Å². The maximum Gasteiger partial charge on any atom is 0.0632 e. The molecular weight excluding hydrogens is 222 g/mol. The maximum absolute atomic E-state index is 5.70. The number of hydrogen-bond acceptors (Lipinski definition) is 3. The fourth-order valence-electron chi connectivity index (χ4n) is 2.81. The standard InChI is InChI=1S/C15H17N3/c1-15(2)11-7-3-5-9-13(11)18(17-16)14-10-6-4-8-12(14)15/h3-10,17H,16H2,1-2H3. The number of nitrogens with zero attached hydrogens (tertiary/aromatic N) is 1. The molecule has 0 saturated carbocycles. The lowest BCUT2D eigenvalue weighted by Gasteiger charge is -2.40. The molecule has 3 heteroatoms. The molecule has 0 amide bonds. The Kier molecular flexibility index (Phi) is 2.40. The molecule has 0 fully saturated rings. The summed E-state index contributed by atoms with van der Waals surface area (Å²) in [7, 11) is 0. The van der Waals surface area contributed by atoms with E-state index in [4.69, 9.17) is 5.84 Å². The molecule has 1 heterocycles. The zero-order valence-corrected chi connectivity index (χ0v) is 10.6. The van der Waals surface area contributed by atoms with Crippen molar-refractivity contribution in [3.8, 4) is 0 Å². The Morgan fingerprint density at radius 1 is 0.889 bits per heavy atom. The van der Waals surface area contributed by atoms with Crippen LogP contribution in [0.5, 0.6) is 0 Å². The van der Waals surface area contributed by atoms with Crippen molar-refractivity contribution >= 4 is 11.4 Å². The summed E-state index contributed by atoms with van der Waals surface area (Å²) in [5.41, 5.74) is 7.56. The van der Waals surface area contributed by atoms with Crippen LogP contribution in [0.3, 0.4) is 0 Å². The summed E-state index contributed by atoms with van der Waals surface area (Å²) in [6.45, 7) is 4.50. The Hall–Kier alpha value is -1.84. The Labute approximate surface area is 107 Å². The van der Waals surface area contributed by atoms with Crippen molar-refractivity contribution in [1.82, 2.24) is 5.53 Å². The number of nitrogens with two attached hydrogens (primary N) is 1. The summed E-state index contributed by atoms with van der Waals surface area (Å²) in [6, 6.07) is 16.7. The van der Waals surface area contributed by atoms with Crippen LogP contribution < -0.4 is 16.4 Å². The molecule has 2 aromatic rings. The van der Waals surface area contributed by atoms with Crippen molar-refractivity contribution in [2.24, 2.45) is 5.84 Å². The summed E-state index contributed by atoms with van der Waals surface area (Å²) >= 11 is 0. The second kappa shape index (κ2) is 3.83. The van der Waals surface area contributed by atoms with E-state index in [-0.39, 0.29) is 5.41 Å². The van der Waals surface area contributed by atoms with Crippen LogP contribution in [0.15, 0.2) is 48.5 Å². The minimum absolute atomic E-state index is 0.0134. The summed E-state index contributed by atoms with van der Waals surface area (Å²) in [6.07, 6.45) is 0. The van der Waals surface area contributed by atoms with E-state index in [9.17, 15) is 0 Å². The second-order valence-corrected chi connectivity index (χ2v) is 5.12. The van der Waals surface area contributed by atoms with E-state index < -0.39 is 0 Å². The maximum atomic E-state index is 5.70. The predicted molar refractivity (Wildman–Crippen MR) is 74.5 cm³/mol. The van der Waals surface area contributed by atoms with Crippen LogP contribution in [0, 0.1) is 0 Å². The number of nitrogens with one attached hydrogen (secondary N) is 1. The average Bonchev–Trinajstić information content (AvgIpc) is 2.40. The van der Waals surface area contributed by atoms with Gasteiger partial charge in [0.05, 0.1) is 11.4 Å². The van der Waals surface area contributed by atoms with Crippen LogP contribution in [-0.4, -0.2) is 0 Å². The molecule has 3 N–H and O–H groups in total. The number of anilines is 2. The molecule has 3 nitrogen and oxygen atoms in total. The summed E-state index contributed by atoms with van der Waals surface area (Å²) in [5.74, 6) is 5.70. The van der Waals surface area contributed by atoms with Gasteiger partial charge in [-0.1, -0.05) is 50.2 Å². The molecular formula is C15H17N3. The molecule has 0 atom stereocenters. The van der Waals surface area contributed by atoms with Gasteiger partial charge >= 0.3 is 0 Å². The molecule has 0 unspecified atom stereocenters. The zero-order chi connectivity index (χ0) is 12.8. The predicted octanol–water partition coefficient (Wildman–Crippen LogP) is 2.84. The lowest BCUT2D eigenvalue weighted by molar-refractivity contribution is 0.606. The van der Waals surface area contributed by atoms with Gasteiger partial charge in [-0.2, -0.15) is 5.53 Å². The van der Waals surface area contributed by atoms with Crippen LogP contribution >= 0.6 is 0 Å². The third kappa shape index (κ3) is 1.38. The quantitative estimate of drug-likeness (QED) is 0.594. The SMILES string of the molecule is CC1(C)c2ccccc2N(NN)c2ccccc21. The summed E-state index contributed by atoms with van der Waals surface area (Å²) in [5, 5.41) is 1.94. The summed E-state index contributed by atoms with van der Waals surface area (Å²) < 4.78 is 0. The topological polar surface area (TPSA) is 41.3 Å². The molecule has 2 aromatic carbocycles. The van der Waals surface area contributed by atoms with E-state index in [1.807, 2.05) is 17.1 Å². The number of benzene rings is 2. The second-order valence-electron chi connectivity index (χ2n) is 5.12. The first-order valence-corrected chi connectivity index (χ1v) is 6.11. The van der Waals surface area contributed by atoms with Crippen molar-refractivity contribution < 1.29 is 0 Å². The van der Waals surface area contributed by atoms with Gasteiger partial charge < -0.3 is 0 Å². The fraction of sp³-hybridized carbons (Fsp3) is 0.200. The molecule has 0 spiro atoms. The molecule has 1 aliphatic rings. The highest BCUT2D eigenvalue weighted by molar-refractivity contribution is 5.76. The molecule has 0 radical (unpaired) electrons. The van der Waals surface area contributed by atoms with Crippen LogP contribution in [-0.2, 0) is 5.41 Å². The number of hydrogen-bond donors (Lipinski definition) is 2. The average molecular weight is 239 g/mol. The Morgan fingerprint density at radius 3 is 1.78 bits per heavy atom. The molecule has 92 valence electrons. The largest absolute Gasteiger partial charge is 0.263 e. The highest BCUT2D eigenvalue weighted by Crippen LogP contribution is 2.47. The van der Waals surface area contributed by atoms with Crippen molar-refractivity contribution in [2.75, 3.05) is 5.01 Å². The first-order valence-electron chi connectivity index (χ1n) is 6.11. The molecule has 0 aliphatic carbocycles. The number of para-hydroxylation sites is 2. The van der Waals surface area contributed by atoms with Crippen molar-refractivity contribution in [3.63, 3.8) is 0 Å². The fourth-order valence-corrected chi connectivity index (χ4v) is 2.81. The molecule has 1 aliphatic heterocycles. The van der Waals surface area contributed by atoms with Gasteiger partial charge in [-0.3, -0.25) is 10.9 Å². The Bertz CT molecular complexity index is 540. The van der Waals surface area contributed by atoms with Crippen LogP contribution in [0.1, 0.15) is 25.0 Å². The van der Waals surface area contributed by atoms with Gasteiger partial charge in [0.1, 0.15) is 0 Å². The lowest BCUT2D eigenvalue weighted by Crippen LogP contribution is -2.44. The highest BCUT2D eigenvalue weighted by Gasteiger charge is 2.35. The summed E-state index contributed by atoms with van der Waals surface area (Å²) in [4.78, 5) is 0. The number of hydrazine groups is 2. The van der Waals surface area contributed by atoms with Crippen LogP contribution in [0.4, 0.5) is 11.4 Å². The van der Waals surface area contributed by atoms with E-state index in [0.717, 1.165) is 11.4 Å².